The third-order valence-corrected chi connectivity index (χ3v) is 3.70. The lowest BCUT2D eigenvalue weighted by Crippen LogP contribution is -2.03. The van der Waals surface area contributed by atoms with Gasteiger partial charge in [-0.15, -0.1) is 0 Å². The highest BCUT2D eigenvalue weighted by molar-refractivity contribution is 7.99. The molecule has 21 heavy (non-hydrogen) atoms. The van der Waals surface area contributed by atoms with Crippen LogP contribution in [0.5, 0.6) is 0 Å². The molecule has 2 aromatic heterocycles. The molecule has 0 atom stereocenters. The van der Waals surface area contributed by atoms with Crippen molar-refractivity contribution in [1.29, 1.82) is 0 Å². The zero-order valence-electron chi connectivity index (χ0n) is 11.2. The highest BCUT2D eigenvalue weighted by atomic mass is 32.2. The molecule has 0 spiro atoms. The minimum atomic E-state index is -0.463. The van der Waals surface area contributed by atoms with Crippen molar-refractivity contribution in [1.82, 2.24) is 15.0 Å². The van der Waals surface area contributed by atoms with E-state index in [4.69, 9.17) is 5.73 Å². The van der Waals surface area contributed by atoms with Gasteiger partial charge in [0.15, 0.2) is 5.16 Å². The van der Waals surface area contributed by atoms with E-state index in [0.29, 0.717) is 5.69 Å². The van der Waals surface area contributed by atoms with Crippen LogP contribution < -0.4 is 5.73 Å². The van der Waals surface area contributed by atoms with Crippen molar-refractivity contribution < 1.29 is 9.53 Å². The first-order chi connectivity index (χ1) is 10.2. The Bertz CT molecular complexity index is 816. The van der Waals surface area contributed by atoms with Crippen molar-refractivity contribution in [2.24, 2.45) is 0 Å². The number of fused-ring (bicyclic) bond motifs is 1. The van der Waals surface area contributed by atoms with Gasteiger partial charge >= 0.3 is 5.97 Å². The zero-order valence-corrected chi connectivity index (χ0v) is 12.0. The van der Waals surface area contributed by atoms with Crippen molar-refractivity contribution in [3.8, 4) is 0 Å². The number of hydrogen-bond acceptors (Lipinski definition) is 6. The van der Waals surface area contributed by atoms with Crippen LogP contribution in [0.3, 0.4) is 0 Å². The molecule has 1 aromatic carbocycles. The third kappa shape index (κ3) is 2.82. The summed E-state index contributed by atoms with van der Waals surface area (Å²) in [5.41, 5.74) is 8.40. The van der Waals surface area contributed by atoms with Crippen LogP contribution in [0.25, 0.3) is 11.0 Å². The molecule has 0 bridgehead atoms. The van der Waals surface area contributed by atoms with Crippen LogP contribution in [0.2, 0.25) is 0 Å². The maximum absolute atomic E-state index is 11.5. The standard InChI is InChI=1S/C14H12N4O2S/c1-20-13(19)12-7-9(4-5-16-12)21-14-17-10-3-2-8(15)6-11(10)18-14/h2-7H,15H2,1H3,(H,17,18). The van der Waals surface area contributed by atoms with E-state index in [1.807, 2.05) is 12.1 Å². The predicted octanol–water partition coefficient (Wildman–Crippen LogP) is 2.48. The number of nitrogens with one attached hydrogen (secondary N) is 1. The number of aromatic nitrogens is 3. The molecule has 0 aliphatic rings. The lowest BCUT2D eigenvalue weighted by molar-refractivity contribution is 0.0593. The lowest BCUT2D eigenvalue weighted by Gasteiger charge is -2.01. The Kier molecular flexibility index (Phi) is 3.49. The summed E-state index contributed by atoms with van der Waals surface area (Å²) in [6.45, 7) is 0. The van der Waals surface area contributed by atoms with E-state index >= 15 is 0 Å². The molecule has 0 unspecified atom stereocenters. The summed E-state index contributed by atoms with van der Waals surface area (Å²) >= 11 is 1.41. The number of nitrogens with two attached hydrogens (primary N) is 1. The number of benzene rings is 1. The van der Waals surface area contributed by atoms with E-state index in [1.54, 1.807) is 24.4 Å². The van der Waals surface area contributed by atoms with Crippen LogP contribution in [-0.4, -0.2) is 28.0 Å². The molecular weight excluding hydrogens is 288 g/mol. The van der Waals surface area contributed by atoms with Gasteiger partial charge in [-0.1, -0.05) is 11.8 Å². The van der Waals surface area contributed by atoms with Crippen LogP contribution in [0.4, 0.5) is 5.69 Å². The zero-order chi connectivity index (χ0) is 14.8. The average molecular weight is 300 g/mol. The van der Waals surface area contributed by atoms with Crippen molar-refractivity contribution >= 4 is 34.5 Å². The first kappa shape index (κ1) is 13.4. The van der Waals surface area contributed by atoms with E-state index in [2.05, 4.69) is 19.7 Å². The average Bonchev–Trinajstić information content (AvgIpc) is 2.88. The summed E-state index contributed by atoms with van der Waals surface area (Å²) in [6.07, 6.45) is 1.56. The Morgan fingerprint density at radius 1 is 1.33 bits per heavy atom. The summed E-state index contributed by atoms with van der Waals surface area (Å²) in [5, 5.41) is 0.720. The lowest BCUT2D eigenvalue weighted by atomic mass is 10.3. The predicted molar refractivity (Wildman–Crippen MR) is 80.2 cm³/mol. The number of H-pyrrole nitrogens is 1. The molecule has 0 saturated heterocycles. The van der Waals surface area contributed by atoms with Gasteiger partial charge in [0.1, 0.15) is 5.69 Å². The summed E-state index contributed by atoms with van der Waals surface area (Å²) in [6, 6.07) is 8.96. The van der Waals surface area contributed by atoms with Crippen molar-refractivity contribution in [3.05, 3.63) is 42.2 Å². The smallest absolute Gasteiger partial charge is 0.356 e. The van der Waals surface area contributed by atoms with Crippen molar-refractivity contribution in [2.45, 2.75) is 10.1 Å². The Hall–Kier alpha value is -2.54. The molecule has 0 amide bonds. The number of pyridine rings is 1. The van der Waals surface area contributed by atoms with Crippen LogP contribution in [0.1, 0.15) is 10.5 Å². The van der Waals surface area contributed by atoms with Crippen LogP contribution in [0.15, 0.2) is 46.6 Å². The normalized spacial score (nSPS) is 10.7. The molecule has 3 N–H and O–H groups in total. The summed E-state index contributed by atoms with van der Waals surface area (Å²) < 4.78 is 4.65. The van der Waals surface area contributed by atoms with E-state index in [-0.39, 0.29) is 5.69 Å². The number of nitrogen functional groups attached to an aromatic ring is 1. The number of anilines is 1. The number of nitrogens with zero attached hydrogens (tertiary/aromatic N) is 2. The maximum Gasteiger partial charge on any atom is 0.356 e. The van der Waals surface area contributed by atoms with Gasteiger partial charge in [0, 0.05) is 16.8 Å². The Morgan fingerprint density at radius 3 is 3.00 bits per heavy atom. The molecule has 0 fully saturated rings. The second kappa shape index (κ2) is 5.45. The molecule has 7 heteroatoms. The summed E-state index contributed by atoms with van der Waals surface area (Å²) in [5.74, 6) is -0.463. The fraction of sp³-hybridized carbons (Fsp3) is 0.0714. The summed E-state index contributed by atoms with van der Waals surface area (Å²) in [4.78, 5) is 23.9. The fourth-order valence-corrected chi connectivity index (χ4v) is 2.68. The molecule has 106 valence electrons. The van der Waals surface area contributed by atoms with Crippen LogP contribution in [-0.2, 0) is 4.74 Å². The summed E-state index contributed by atoms with van der Waals surface area (Å²) in [7, 11) is 1.33. The van der Waals surface area contributed by atoms with Gasteiger partial charge in [-0.05, 0) is 30.3 Å². The van der Waals surface area contributed by atoms with E-state index in [9.17, 15) is 4.79 Å². The molecule has 3 aromatic rings. The Morgan fingerprint density at radius 2 is 2.19 bits per heavy atom. The van der Waals surface area contributed by atoms with E-state index < -0.39 is 5.97 Å². The highest BCUT2D eigenvalue weighted by Gasteiger charge is 2.10. The molecule has 0 aliphatic heterocycles. The number of carbonyl (C=O) groups excluding carboxylic acids is 1. The van der Waals surface area contributed by atoms with Crippen LogP contribution >= 0.6 is 11.8 Å². The highest BCUT2D eigenvalue weighted by Crippen LogP contribution is 2.28. The number of esters is 1. The number of carbonyl (C=O) groups is 1. The van der Waals surface area contributed by atoms with Crippen molar-refractivity contribution in [2.75, 3.05) is 12.8 Å². The van der Waals surface area contributed by atoms with Crippen molar-refractivity contribution in [3.63, 3.8) is 0 Å². The molecule has 6 nitrogen and oxygen atoms in total. The SMILES string of the molecule is COC(=O)c1cc(Sc2nc3ccc(N)cc3[nH]2)ccn1. The van der Waals surface area contributed by atoms with Gasteiger partial charge in [0.2, 0.25) is 0 Å². The first-order valence-electron chi connectivity index (χ1n) is 6.13. The molecule has 0 saturated carbocycles. The largest absolute Gasteiger partial charge is 0.464 e. The molecule has 2 heterocycles. The number of ether oxygens (including phenoxy) is 1. The number of methoxy groups -OCH3 is 1. The van der Waals surface area contributed by atoms with Gasteiger partial charge < -0.3 is 15.5 Å². The quantitative estimate of drug-likeness (QED) is 0.570. The number of hydrogen-bond donors (Lipinski definition) is 2. The van der Waals surface area contributed by atoms with E-state index in [0.717, 1.165) is 21.1 Å². The minimum absolute atomic E-state index is 0.267. The molecule has 0 radical (unpaired) electrons. The third-order valence-electron chi connectivity index (χ3n) is 2.82. The maximum atomic E-state index is 11.5. The van der Waals surface area contributed by atoms with Gasteiger partial charge in [0.25, 0.3) is 0 Å². The Labute approximate surface area is 124 Å². The fourth-order valence-electron chi connectivity index (χ4n) is 1.85. The number of aromatic amines is 1. The molecule has 0 aliphatic carbocycles. The Balaban J connectivity index is 1.89. The molecular formula is C14H12N4O2S. The van der Waals surface area contributed by atoms with Gasteiger partial charge in [-0.2, -0.15) is 0 Å². The number of rotatable bonds is 3. The number of imidazole rings is 1. The molecule has 3 rings (SSSR count). The monoisotopic (exact) mass is 300 g/mol. The van der Waals surface area contributed by atoms with E-state index in [1.165, 1.54) is 18.9 Å². The minimum Gasteiger partial charge on any atom is -0.464 e. The first-order valence-corrected chi connectivity index (χ1v) is 6.95. The second-order valence-corrected chi connectivity index (χ2v) is 5.35. The topological polar surface area (TPSA) is 93.9 Å². The second-order valence-electron chi connectivity index (χ2n) is 4.29. The van der Waals surface area contributed by atoms with Gasteiger partial charge in [0.05, 0.1) is 18.1 Å². The van der Waals surface area contributed by atoms with Gasteiger partial charge in [-0.25, -0.2) is 14.8 Å². The van der Waals surface area contributed by atoms with Crippen LogP contribution in [0, 0.1) is 0 Å². The van der Waals surface area contributed by atoms with Gasteiger partial charge in [-0.3, -0.25) is 0 Å².